The highest BCUT2D eigenvalue weighted by Gasteiger charge is 2.24. The molecule has 1 fully saturated rings. The molecule has 19 heavy (non-hydrogen) atoms. The fraction of sp³-hybridized carbons (Fsp3) is 0.562. The van der Waals surface area contributed by atoms with Gasteiger partial charge in [-0.15, -0.1) is 0 Å². The Morgan fingerprint density at radius 3 is 2.84 bits per heavy atom. The van der Waals surface area contributed by atoms with Crippen LogP contribution in [-0.2, 0) is 0 Å². The molecule has 2 nitrogen and oxygen atoms in total. The van der Waals surface area contributed by atoms with Gasteiger partial charge < -0.3 is 5.32 Å². The van der Waals surface area contributed by atoms with Gasteiger partial charge in [0.2, 0.25) is 0 Å². The maximum atomic E-state index is 9.15. The first kappa shape index (κ1) is 14.2. The van der Waals surface area contributed by atoms with E-state index in [1.807, 2.05) is 6.07 Å². The quantitative estimate of drug-likeness (QED) is 0.857. The molecule has 0 spiro atoms. The van der Waals surface area contributed by atoms with Crippen molar-refractivity contribution in [2.24, 2.45) is 11.8 Å². The Bertz CT molecular complexity index is 476. The minimum absolute atomic E-state index is 0.465. The summed E-state index contributed by atoms with van der Waals surface area (Å²) < 4.78 is 0. The fourth-order valence-electron chi connectivity index (χ4n) is 2.92. The predicted octanol–water partition coefficient (Wildman–Crippen LogP) is 4.84. The van der Waals surface area contributed by atoms with E-state index >= 15 is 0 Å². The molecule has 0 saturated heterocycles. The summed E-state index contributed by atoms with van der Waals surface area (Å²) in [5.41, 5.74) is 1.56. The summed E-state index contributed by atoms with van der Waals surface area (Å²) in [5.74, 6) is 1.52. The Morgan fingerprint density at radius 1 is 1.37 bits per heavy atom. The van der Waals surface area contributed by atoms with Crippen LogP contribution in [0.1, 0.15) is 45.1 Å². The first-order valence-electron chi connectivity index (χ1n) is 7.06. The molecule has 102 valence electrons. The fourth-order valence-corrected chi connectivity index (χ4v) is 3.09. The molecular formula is C16H21ClN2. The van der Waals surface area contributed by atoms with Crippen molar-refractivity contribution >= 4 is 17.3 Å². The molecule has 0 radical (unpaired) electrons. The number of rotatable bonds is 3. The summed E-state index contributed by atoms with van der Waals surface area (Å²) >= 11 is 6.02. The number of hydrogen-bond donors (Lipinski definition) is 1. The molecule has 0 aliphatic heterocycles. The Labute approximate surface area is 120 Å². The van der Waals surface area contributed by atoms with E-state index in [9.17, 15) is 0 Å². The normalized spacial score (nSPS) is 23.1. The van der Waals surface area contributed by atoms with Crippen molar-refractivity contribution in [3.8, 4) is 6.07 Å². The lowest BCUT2D eigenvalue weighted by atomic mass is 9.79. The number of halogens is 1. The van der Waals surface area contributed by atoms with Gasteiger partial charge in [0.05, 0.1) is 11.3 Å². The van der Waals surface area contributed by atoms with Crippen LogP contribution < -0.4 is 5.32 Å². The van der Waals surface area contributed by atoms with Gasteiger partial charge in [-0.05, 0) is 42.9 Å². The van der Waals surface area contributed by atoms with Gasteiger partial charge in [0.1, 0.15) is 6.07 Å². The van der Waals surface area contributed by atoms with Crippen LogP contribution in [-0.4, -0.2) is 6.04 Å². The molecule has 1 N–H and O–H groups in total. The molecule has 2 rings (SSSR count). The summed E-state index contributed by atoms with van der Waals surface area (Å²) in [6.45, 7) is 4.60. The van der Waals surface area contributed by atoms with E-state index in [1.165, 1.54) is 25.7 Å². The van der Waals surface area contributed by atoms with Gasteiger partial charge in [-0.1, -0.05) is 38.3 Å². The highest BCUT2D eigenvalue weighted by Crippen LogP contribution is 2.32. The molecule has 1 aromatic rings. The van der Waals surface area contributed by atoms with Crippen LogP contribution in [0.25, 0.3) is 0 Å². The summed E-state index contributed by atoms with van der Waals surface area (Å²) in [5, 5.41) is 13.3. The van der Waals surface area contributed by atoms with E-state index in [2.05, 4.69) is 25.2 Å². The number of anilines is 1. The zero-order valence-corrected chi connectivity index (χ0v) is 12.4. The number of hydrogen-bond acceptors (Lipinski definition) is 2. The monoisotopic (exact) mass is 276 g/mol. The van der Waals surface area contributed by atoms with E-state index in [4.69, 9.17) is 16.9 Å². The van der Waals surface area contributed by atoms with E-state index in [1.54, 1.807) is 12.1 Å². The van der Waals surface area contributed by atoms with Crippen LogP contribution in [0.2, 0.25) is 5.02 Å². The molecule has 1 aliphatic rings. The van der Waals surface area contributed by atoms with Crippen LogP contribution >= 0.6 is 11.6 Å². The van der Waals surface area contributed by atoms with Crippen molar-refractivity contribution in [1.82, 2.24) is 0 Å². The predicted molar refractivity (Wildman–Crippen MR) is 80.4 cm³/mol. The Kier molecular flexibility index (Phi) is 4.71. The highest BCUT2D eigenvalue weighted by molar-refractivity contribution is 6.30. The van der Waals surface area contributed by atoms with Crippen LogP contribution in [0, 0.1) is 23.2 Å². The van der Waals surface area contributed by atoms with Gasteiger partial charge in [0, 0.05) is 11.1 Å². The molecule has 2 unspecified atom stereocenters. The SMILES string of the molecule is CC(C)C1CCCC(Nc2cc(Cl)ccc2C#N)C1. The van der Waals surface area contributed by atoms with E-state index in [0.717, 1.165) is 17.5 Å². The molecule has 0 heterocycles. The van der Waals surface area contributed by atoms with Gasteiger partial charge in [0.15, 0.2) is 0 Å². The maximum absolute atomic E-state index is 9.15. The van der Waals surface area contributed by atoms with Crippen LogP contribution in [0.15, 0.2) is 18.2 Å². The number of benzene rings is 1. The van der Waals surface area contributed by atoms with E-state index in [-0.39, 0.29) is 0 Å². The lowest BCUT2D eigenvalue weighted by Gasteiger charge is -2.32. The molecular weight excluding hydrogens is 256 g/mol. The third-order valence-electron chi connectivity index (χ3n) is 4.12. The third-order valence-corrected chi connectivity index (χ3v) is 4.35. The molecule has 0 amide bonds. The third kappa shape index (κ3) is 3.64. The molecule has 3 heteroatoms. The minimum atomic E-state index is 0.465. The van der Waals surface area contributed by atoms with Gasteiger partial charge in [-0.3, -0.25) is 0 Å². The molecule has 0 aromatic heterocycles. The lowest BCUT2D eigenvalue weighted by molar-refractivity contribution is 0.264. The highest BCUT2D eigenvalue weighted by atomic mass is 35.5. The molecule has 2 atom stereocenters. The summed E-state index contributed by atoms with van der Waals surface area (Å²) in [7, 11) is 0. The smallest absolute Gasteiger partial charge is 0.101 e. The second kappa shape index (κ2) is 6.30. The minimum Gasteiger partial charge on any atom is -0.381 e. The van der Waals surface area contributed by atoms with Crippen molar-refractivity contribution < 1.29 is 0 Å². The van der Waals surface area contributed by atoms with E-state index < -0.39 is 0 Å². The first-order valence-corrected chi connectivity index (χ1v) is 7.44. The standard InChI is InChI=1S/C16H21ClN2/c1-11(2)12-4-3-5-15(8-12)19-16-9-14(17)7-6-13(16)10-18/h6-7,9,11-12,15,19H,3-5,8H2,1-2H3. The molecule has 1 saturated carbocycles. The van der Waals surface area contributed by atoms with E-state index in [0.29, 0.717) is 16.6 Å². The van der Waals surface area contributed by atoms with Crippen molar-refractivity contribution in [2.45, 2.75) is 45.6 Å². The van der Waals surface area contributed by atoms with Gasteiger partial charge in [-0.25, -0.2) is 0 Å². The zero-order valence-electron chi connectivity index (χ0n) is 11.6. The van der Waals surface area contributed by atoms with Crippen LogP contribution in [0.5, 0.6) is 0 Å². The van der Waals surface area contributed by atoms with Crippen molar-refractivity contribution in [3.05, 3.63) is 28.8 Å². The average Bonchev–Trinajstić information content (AvgIpc) is 2.39. The van der Waals surface area contributed by atoms with Crippen LogP contribution in [0.4, 0.5) is 5.69 Å². The van der Waals surface area contributed by atoms with Gasteiger partial charge >= 0.3 is 0 Å². The second-order valence-electron chi connectivity index (χ2n) is 5.81. The van der Waals surface area contributed by atoms with Crippen molar-refractivity contribution in [2.75, 3.05) is 5.32 Å². The largest absolute Gasteiger partial charge is 0.381 e. The van der Waals surface area contributed by atoms with Gasteiger partial charge in [-0.2, -0.15) is 5.26 Å². The average molecular weight is 277 g/mol. The van der Waals surface area contributed by atoms with Crippen LogP contribution in [0.3, 0.4) is 0 Å². The van der Waals surface area contributed by atoms with Crippen molar-refractivity contribution in [1.29, 1.82) is 5.26 Å². The number of nitriles is 1. The molecule has 1 aliphatic carbocycles. The lowest BCUT2D eigenvalue weighted by Crippen LogP contribution is -2.29. The Balaban J connectivity index is 2.09. The first-order chi connectivity index (χ1) is 9.10. The zero-order chi connectivity index (χ0) is 13.8. The maximum Gasteiger partial charge on any atom is 0.101 e. The number of nitrogens with zero attached hydrogens (tertiary/aromatic N) is 1. The molecule has 0 bridgehead atoms. The van der Waals surface area contributed by atoms with Gasteiger partial charge in [0.25, 0.3) is 0 Å². The summed E-state index contributed by atoms with van der Waals surface area (Å²) in [6, 6.07) is 8.10. The number of nitrogens with one attached hydrogen (secondary N) is 1. The Morgan fingerprint density at radius 2 is 2.16 bits per heavy atom. The Hall–Kier alpha value is -1.20. The second-order valence-corrected chi connectivity index (χ2v) is 6.25. The topological polar surface area (TPSA) is 35.8 Å². The summed E-state index contributed by atoms with van der Waals surface area (Å²) in [6.07, 6.45) is 4.97. The van der Waals surface area contributed by atoms with Crippen molar-refractivity contribution in [3.63, 3.8) is 0 Å². The summed E-state index contributed by atoms with van der Waals surface area (Å²) in [4.78, 5) is 0. The molecule has 1 aromatic carbocycles.